The molecule has 0 saturated heterocycles. The van der Waals surface area contributed by atoms with E-state index in [9.17, 15) is 4.39 Å². The summed E-state index contributed by atoms with van der Waals surface area (Å²) in [7, 11) is 0. The Morgan fingerprint density at radius 3 is 2.86 bits per heavy atom. The van der Waals surface area contributed by atoms with Crippen molar-refractivity contribution in [2.75, 3.05) is 0 Å². The van der Waals surface area contributed by atoms with E-state index in [1.807, 2.05) is 0 Å². The molecule has 14 heavy (non-hydrogen) atoms. The highest BCUT2D eigenvalue weighted by atomic mass is 79.9. The first-order valence-electron chi connectivity index (χ1n) is 3.77. The zero-order chi connectivity index (χ0) is 10.1. The van der Waals surface area contributed by atoms with Gasteiger partial charge in [-0.1, -0.05) is 15.9 Å². The van der Waals surface area contributed by atoms with Crippen LogP contribution < -0.4 is 0 Å². The maximum absolute atomic E-state index is 12.9. The Kier molecular flexibility index (Phi) is 2.52. The van der Waals surface area contributed by atoms with Crippen molar-refractivity contribution in [3.8, 4) is 16.5 Å². The molecule has 0 bridgehead atoms. The standard InChI is InChI=1S/C9H5BrFNOS/c10-7-2-1-5(11)3-6(7)9-12-8(13)4-14-9/h1-4,13H. The van der Waals surface area contributed by atoms with Gasteiger partial charge in [0.1, 0.15) is 10.8 Å². The predicted molar refractivity (Wildman–Crippen MR) is 56.9 cm³/mol. The van der Waals surface area contributed by atoms with Crippen molar-refractivity contribution in [1.29, 1.82) is 0 Å². The predicted octanol–water partition coefficient (Wildman–Crippen LogP) is 3.42. The highest BCUT2D eigenvalue weighted by Crippen LogP contribution is 2.32. The Morgan fingerprint density at radius 2 is 2.21 bits per heavy atom. The van der Waals surface area contributed by atoms with E-state index >= 15 is 0 Å². The Morgan fingerprint density at radius 1 is 1.43 bits per heavy atom. The van der Waals surface area contributed by atoms with Gasteiger partial charge in [0.15, 0.2) is 0 Å². The molecule has 5 heteroatoms. The van der Waals surface area contributed by atoms with Gasteiger partial charge in [-0.15, -0.1) is 11.3 Å². The molecule has 0 unspecified atom stereocenters. The van der Waals surface area contributed by atoms with Crippen molar-refractivity contribution in [3.05, 3.63) is 33.9 Å². The summed E-state index contributed by atoms with van der Waals surface area (Å²) in [6.45, 7) is 0. The number of thiazole rings is 1. The lowest BCUT2D eigenvalue weighted by molar-refractivity contribution is 0.458. The molecule has 0 aliphatic carbocycles. The van der Waals surface area contributed by atoms with E-state index in [4.69, 9.17) is 5.11 Å². The van der Waals surface area contributed by atoms with Crippen LogP contribution in [-0.2, 0) is 0 Å². The maximum Gasteiger partial charge on any atom is 0.222 e. The van der Waals surface area contributed by atoms with Gasteiger partial charge in [0.2, 0.25) is 5.88 Å². The number of hydrogen-bond acceptors (Lipinski definition) is 3. The van der Waals surface area contributed by atoms with Crippen LogP contribution in [0.15, 0.2) is 28.1 Å². The molecule has 0 aliphatic heterocycles. The molecule has 1 heterocycles. The molecule has 2 nitrogen and oxygen atoms in total. The minimum Gasteiger partial charge on any atom is -0.493 e. The molecule has 0 saturated carbocycles. The highest BCUT2D eigenvalue weighted by molar-refractivity contribution is 9.10. The molecule has 1 aromatic heterocycles. The zero-order valence-corrected chi connectivity index (χ0v) is 9.27. The first-order chi connectivity index (χ1) is 6.66. The lowest BCUT2D eigenvalue weighted by Crippen LogP contribution is -1.81. The Bertz CT molecular complexity index is 472. The second-order valence-corrected chi connectivity index (χ2v) is 4.35. The maximum atomic E-state index is 12.9. The summed E-state index contributed by atoms with van der Waals surface area (Å²) in [5.74, 6) is -0.362. The van der Waals surface area contributed by atoms with Crippen LogP contribution in [0.2, 0.25) is 0 Å². The van der Waals surface area contributed by atoms with Gasteiger partial charge < -0.3 is 5.11 Å². The molecule has 0 aliphatic rings. The number of rotatable bonds is 1. The third-order valence-corrected chi connectivity index (χ3v) is 3.21. The Hall–Kier alpha value is -0.940. The first kappa shape index (κ1) is 9.61. The van der Waals surface area contributed by atoms with Crippen LogP contribution in [0.4, 0.5) is 4.39 Å². The van der Waals surface area contributed by atoms with E-state index in [0.717, 1.165) is 4.47 Å². The van der Waals surface area contributed by atoms with Gasteiger partial charge in [-0.2, -0.15) is 0 Å². The molecule has 1 N–H and O–H groups in total. The van der Waals surface area contributed by atoms with Crippen LogP contribution in [0.3, 0.4) is 0 Å². The summed E-state index contributed by atoms with van der Waals surface area (Å²) in [5, 5.41) is 11.2. The first-order valence-corrected chi connectivity index (χ1v) is 5.44. The summed E-state index contributed by atoms with van der Waals surface area (Å²) in [6.07, 6.45) is 0. The number of halogens is 2. The lowest BCUT2D eigenvalue weighted by atomic mass is 10.2. The Balaban J connectivity index is 2.55. The lowest BCUT2D eigenvalue weighted by Gasteiger charge is -1.99. The van der Waals surface area contributed by atoms with Crippen molar-refractivity contribution in [3.63, 3.8) is 0 Å². The van der Waals surface area contributed by atoms with Crippen LogP contribution in [0.25, 0.3) is 10.6 Å². The molecule has 0 atom stereocenters. The van der Waals surface area contributed by atoms with E-state index in [0.29, 0.717) is 10.6 Å². The van der Waals surface area contributed by atoms with Crippen LogP contribution in [-0.4, -0.2) is 10.1 Å². The summed E-state index contributed by atoms with van der Waals surface area (Å²) in [6, 6.07) is 4.35. The highest BCUT2D eigenvalue weighted by Gasteiger charge is 2.08. The third-order valence-electron chi connectivity index (χ3n) is 1.65. The average Bonchev–Trinajstić information content (AvgIpc) is 2.56. The minimum atomic E-state index is -0.321. The van der Waals surface area contributed by atoms with Gasteiger partial charge in [-0.05, 0) is 18.2 Å². The summed E-state index contributed by atoms with van der Waals surface area (Å²) >= 11 is 4.56. The molecular weight excluding hydrogens is 269 g/mol. The molecular formula is C9H5BrFNOS. The Labute approximate surface area is 92.2 Å². The molecule has 2 rings (SSSR count). The summed E-state index contributed by atoms with van der Waals surface area (Å²) < 4.78 is 13.7. The number of nitrogens with zero attached hydrogens (tertiary/aromatic N) is 1. The average molecular weight is 274 g/mol. The van der Waals surface area contributed by atoms with E-state index in [2.05, 4.69) is 20.9 Å². The molecule has 0 spiro atoms. The van der Waals surface area contributed by atoms with Crippen LogP contribution in [0.1, 0.15) is 0 Å². The number of aromatic hydroxyl groups is 1. The van der Waals surface area contributed by atoms with Gasteiger partial charge in [0.05, 0.1) is 5.38 Å². The van der Waals surface area contributed by atoms with Gasteiger partial charge in [-0.25, -0.2) is 9.37 Å². The molecule has 2 aromatic rings. The minimum absolute atomic E-state index is 0.0406. The van der Waals surface area contributed by atoms with Gasteiger partial charge in [0, 0.05) is 10.0 Å². The molecule has 0 radical (unpaired) electrons. The van der Waals surface area contributed by atoms with E-state index in [-0.39, 0.29) is 11.7 Å². The van der Waals surface area contributed by atoms with Gasteiger partial charge >= 0.3 is 0 Å². The smallest absolute Gasteiger partial charge is 0.222 e. The quantitative estimate of drug-likeness (QED) is 0.864. The van der Waals surface area contributed by atoms with Crippen LogP contribution in [0.5, 0.6) is 5.88 Å². The fourth-order valence-corrected chi connectivity index (χ4v) is 2.33. The third kappa shape index (κ3) is 1.78. The zero-order valence-electron chi connectivity index (χ0n) is 6.87. The second-order valence-electron chi connectivity index (χ2n) is 2.64. The van der Waals surface area contributed by atoms with E-state index < -0.39 is 0 Å². The number of hydrogen-bond donors (Lipinski definition) is 1. The van der Waals surface area contributed by atoms with Gasteiger partial charge in [-0.3, -0.25) is 0 Å². The molecule has 1 aromatic carbocycles. The van der Waals surface area contributed by atoms with Gasteiger partial charge in [0.25, 0.3) is 0 Å². The second kappa shape index (κ2) is 3.67. The normalized spacial score (nSPS) is 10.4. The van der Waals surface area contributed by atoms with Crippen molar-refractivity contribution < 1.29 is 9.50 Å². The fraction of sp³-hybridized carbons (Fsp3) is 0. The van der Waals surface area contributed by atoms with Crippen molar-refractivity contribution >= 4 is 27.3 Å². The van der Waals surface area contributed by atoms with E-state index in [1.165, 1.54) is 28.8 Å². The molecule has 0 fully saturated rings. The molecule has 0 amide bonds. The SMILES string of the molecule is Oc1csc(-c2cc(F)ccc2Br)n1. The van der Waals surface area contributed by atoms with E-state index in [1.54, 1.807) is 6.07 Å². The monoisotopic (exact) mass is 273 g/mol. The molecule has 72 valence electrons. The summed E-state index contributed by atoms with van der Waals surface area (Å²) in [5.41, 5.74) is 0.648. The number of aromatic nitrogens is 1. The van der Waals surface area contributed by atoms with Crippen molar-refractivity contribution in [2.45, 2.75) is 0 Å². The van der Waals surface area contributed by atoms with Crippen molar-refractivity contribution in [1.82, 2.24) is 4.98 Å². The topological polar surface area (TPSA) is 33.1 Å². The fourth-order valence-electron chi connectivity index (χ4n) is 1.05. The van der Waals surface area contributed by atoms with Crippen molar-refractivity contribution in [2.24, 2.45) is 0 Å². The summed E-state index contributed by atoms with van der Waals surface area (Å²) in [4.78, 5) is 3.86. The van der Waals surface area contributed by atoms with Crippen LogP contribution in [0, 0.1) is 5.82 Å². The largest absolute Gasteiger partial charge is 0.493 e. The number of benzene rings is 1. The van der Waals surface area contributed by atoms with Crippen LogP contribution >= 0.6 is 27.3 Å².